The standard InChI is InChI=1S/C20H22BrF3N2O5/c1-12(9-29-2)8-26-17(21)16(20(22,23)24)18(25-26)31-10-13-6-4-5-7-14(13)15(11-30-3)19(27)28/h4-7,11-12H,8-10H2,1-3H3,(H,27,28)/b15-11+. The zero-order chi connectivity index (χ0) is 23.2. The lowest BCUT2D eigenvalue weighted by molar-refractivity contribution is -0.139. The minimum atomic E-state index is -4.71. The van der Waals surface area contributed by atoms with E-state index in [1.165, 1.54) is 25.0 Å². The molecule has 0 fully saturated rings. The lowest BCUT2D eigenvalue weighted by Gasteiger charge is -2.12. The average Bonchev–Trinajstić information content (AvgIpc) is 3.00. The monoisotopic (exact) mass is 506 g/mol. The molecule has 2 rings (SSSR count). The first-order valence-electron chi connectivity index (χ1n) is 9.09. The molecule has 1 unspecified atom stereocenters. The number of carboxylic acids is 1. The van der Waals surface area contributed by atoms with Gasteiger partial charge >= 0.3 is 12.1 Å². The van der Waals surface area contributed by atoms with Crippen molar-refractivity contribution < 1.29 is 37.3 Å². The number of carbonyl (C=O) groups is 1. The van der Waals surface area contributed by atoms with E-state index in [1.807, 2.05) is 6.92 Å². The highest BCUT2D eigenvalue weighted by atomic mass is 79.9. The molecule has 0 aliphatic heterocycles. The van der Waals surface area contributed by atoms with Crippen LogP contribution in [0, 0.1) is 5.92 Å². The number of hydrogen-bond acceptors (Lipinski definition) is 5. The largest absolute Gasteiger partial charge is 0.503 e. The molecule has 0 amide bonds. The number of benzene rings is 1. The maximum Gasteiger partial charge on any atom is 0.424 e. The van der Waals surface area contributed by atoms with Crippen molar-refractivity contribution in [3.63, 3.8) is 0 Å². The Morgan fingerprint density at radius 1 is 1.32 bits per heavy atom. The van der Waals surface area contributed by atoms with E-state index in [0.29, 0.717) is 12.2 Å². The predicted octanol–water partition coefficient (Wildman–Crippen LogP) is 4.60. The summed E-state index contributed by atoms with van der Waals surface area (Å²) in [5.41, 5.74) is -0.573. The van der Waals surface area contributed by atoms with Gasteiger partial charge in [0.15, 0.2) is 5.56 Å². The Morgan fingerprint density at radius 3 is 2.58 bits per heavy atom. The summed E-state index contributed by atoms with van der Waals surface area (Å²) in [6, 6.07) is 6.31. The normalized spacial score (nSPS) is 13.2. The Kier molecular flexibility index (Phi) is 8.52. The molecular weight excluding hydrogens is 485 g/mol. The first kappa shape index (κ1) is 24.7. The minimum absolute atomic E-state index is 0.0897. The third kappa shape index (κ3) is 6.23. The summed E-state index contributed by atoms with van der Waals surface area (Å²) in [6.45, 7) is 2.01. The van der Waals surface area contributed by atoms with E-state index in [0.717, 1.165) is 6.26 Å². The van der Waals surface area contributed by atoms with Crippen LogP contribution in [0.5, 0.6) is 5.88 Å². The van der Waals surface area contributed by atoms with E-state index in [2.05, 4.69) is 21.0 Å². The van der Waals surface area contributed by atoms with Crippen molar-refractivity contribution in [2.24, 2.45) is 5.92 Å². The van der Waals surface area contributed by atoms with E-state index >= 15 is 0 Å². The lowest BCUT2D eigenvalue weighted by atomic mass is 10.0. The molecule has 1 aromatic heterocycles. The minimum Gasteiger partial charge on any atom is -0.503 e. The number of ether oxygens (including phenoxy) is 3. The molecule has 0 aliphatic carbocycles. The van der Waals surface area contributed by atoms with Gasteiger partial charge < -0.3 is 19.3 Å². The van der Waals surface area contributed by atoms with Gasteiger partial charge in [0.2, 0.25) is 5.88 Å². The topological polar surface area (TPSA) is 82.8 Å². The molecule has 0 radical (unpaired) electrons. The first-order valence-corrected chi connectivity index (χ1v) is 9.89. The summed E-state index contributed by atoms with van der Waals surface area (Å²) in [5.74, 6) is -1.94. The second kappa shape index (κ2) is 10.7. The van der Waals surface area contributed by atoms with Crippen LogP contribution in [-0.2, 0) is 33.6 Å². The number of rotatable bonds is 10. The van der Waals surface area contributed by atoms with Crippen LogP contribution >= 0.6 is 15.9 Å². The van der Waals surface area contributed by atoms with Gasteiger partial charge in [-0.3, -0.25) is 4.68 Å². The van der Waals surface area contributed by atoms with Gasteiger partial charge in [0.1, 0.15) is 16.8 Å². The van der Waals surface area contributed by atoms with Crippen LogP contribution < -0.4 is 4.74 Å². The number of hydrogen-bond donors (Lipinski definition) is 1. The highest BCUT2D eigenvalue weighted by molar-refractivity contribution is 9.10. The SMILES string of the molecule is CO/C=C(/C(=O)O)c1ccccc1COc1nn(CC(C)COC)c(Br)c1C(F)(F)F. The number of halogens is 4. The maximum atomic E-state index is 13.7. The molecule has 170 valence electrons. The van der Waals surface area contributed by atoms with Crippen LogP contribution in [0.4, 0.5) is 13.2 Å². The molecule has 7 nitrogen and oxygen atoms in total. The van der Waals surface area contributed by atoms with Crippen molar-refractivity contribution in [2.45, 2.75) is 26.3 Å². The molecule has 1 aromatic carbocycles. The molecule has 1 heterocycles. The van der Waals surface area contributed by atoms with E-state index in [1.54, 1.807) is 18.2 Å². The van der Waals surface area contributed by atoms with Crippen molar-refractivity contribution in [3.8, 4) is 5.88 Å². The van der Waals surface area contributed by atoms with Crippen LogP contribution in [-0.4, -0.2) is 41.7 Å². The second-order valence-corrected chi connectivity index (χ2v) is 7.48. The number of nitrogens with zero attached hydrogens (tertiary/aromatic N) is 2. The predicted molar refractivity (Wildman–Crippen MR) is 109 cm³/mol. The highest BCUT2D eigenvalue weighted by Crippen LogP contribution is 2.41. The van der Waals surface area contributed by atoms with Crippen LogP contribution in [0.1, 0.15) is 23.6 Å². The van der Waals surface area contributed by atoms with Crippen molar-refractivity contribution >= 4 is 27.5 Å². The third-order valence-electron chi connectivity index (χ3n) is 4.22. The van der Waals surface area contributed by atoms with Gasteiger partial charge in [-0.2, -0.15) is 13.2 Å². The van der Waals surface area contributed by atoms with Crippen molar-refractivity contribution in [2.75, 3.05) is 20.8 Å². The number of methoxy groups -OCH3 is 2. The molecule has 0 aliphatic rings. The average molecular weight is 507 g/mol. The zero-order valence-corrected chi connectivity index (χ0v) is 18.7. The quantitative estimate of drug-likeness (QED) is 0.374. The van der Waals surface area contributed by atoms with Gasteiger partial charge in [-0.25, -0.2) is 4.79 Å². The smallest absolute Gasteiger partial charge is 0.424 e. The van der Waals surface area contributed by atoms with E-state index < -0.39 is 23.6 Å². The Morgan fingerprint density at radius 2 is 2.00 bits per heavy atom. The molecule has 2 aromatic rings. The summed E-state index contributed by atoms with van der Waals surface area (Å²) in [6.07, 6.45) is -3.66. The summed E-state index contributed by atoms with van der Waals surface area (Å²) in [4.78, 5) is 11.5. The van der Waals surface area contributed by atoms with Gasteiger partial charge in [0, 0.05) is 13.7 Å². The van der Waals surface area contributed by atoms with Gasteiger partial charge in [-0.05, 0) is 33.0 Å². The Labute approximate surface area is 185 Å². The van der Waals surface area contributed by atoms with Crippen molar-refractivity contribution in [3.05, 3.63) is 51.8 Å². The highest BCUT2D eigenvalue weighted by Gasteiger charge is 2.41. The Bertz CT molecular complexity index is 943. The number of aromatic nitrogens is 2. The number of alkyl halides is 3. The molecule has 31 heavy (non-hydrogen) atoms. The molecule has 0 bridgehead atoms. The third-order valence-corrected chi connectivity index (χ3v) is 5.02. The molecule has 0 spiro atoms. The first-order chi connectivity index (χ1) is 14.6. The fourth-order valence-electron chi connectivity index (χ4n) is 2.92. The van der Waals surface area contributed by atoms with Gasteiger partial charge in [-0.15, -0.1) is 5.10 Å². The van der Waals surface area contributed by atoms with Gasteiger partial charge in [0.25, 0.3) is 0 Å². The summed E-state index contributed by atoms with van der Waals surface area (Å²) >= 11 is 2.98. The second-order valence-electron chi connectivity index (χ2n) is 6.73. The molecular formula is C20H22BrF3N2O5. The molecule has 1 N–H and O–H groups in total. The molecule has 1 atom stereocenters. The Hall–Kier alpha value is -2.53. The van der Waals surface area contributed by atoms with Crippen LogP contribution in [0.2, 0.25) is 0 Å². The van der Waals surface area contributed by atoms with E-state index in [9.17, 15) is 23.1 Å². The van der Waals surface area contributed by atoms with E-state index in [4.69, 9.17) is 14.2 Å². The summed E-state index contributed by atoms with van der Waals surface area (Å²) in [5, 5.41) is 13.4. The van der Waals surface area contributed by atoms with Gasteiger partial charge in [-0.1, -0.05) is 31.2 Å². The number of aliphatic carboxylic acids is 1. The van der Waals surface area contributed by atoms with Crippen LogP contribution in [0.15, 0.2) is 35.1 Å². The fraction of sp³-hybridized carbons (Fsp3) is 0.400. The Balaban J connectivity index is 2.38. The van der Waals surface area contributed by atoms with Crippen LogP contribution in [0.3, 0.4) is 0 Å². The van der Waals surface area contributed by atoms with Crippen molar-refractivity contribution in [1.82, 2.24) is 9.78 Å². The van der Waals surface area contributed by atoms with Crippen LogP contribution in [0.25, 0.3) is 5.57 Å². The molecule has 11 heteroatoms. The summed E-state index contributed by atoms with van der Waals surface area (Å²) in [7, 11) is 2.80. The van der Waals surface area contributed by atoms with Crippen molar-refractivity contribution in [1.29, 1.82) is 0 Å². The zero-order valence-electron chi connectivity index (χ0n) is 17.1. The molecule has 0 saturated heterocycles. The lowest BCUT2D eigenvalue weighted by Crippen LogP contribution is -2.14. The fourth-order valence-corrected chi connectivity index (χ4v) is 3.53. The van der Waals surface area contributed by atoms with Gasteiger partial charge in [0.05, 0.1) is 20.0 Å². The maximum absolute atomic E-state index is 13.7. The summed E-state index contributed by atoms with van der Waals surface area (Å²) < 4.78 is 57.2. The van der Waals surface area contributed by atoms with E-state index in [-0.39, 0.29) is 34.8 Å². The number of carboxylic acid groups (broad SMARTS) is 1. The molecule has 0 saturated carbocycles.